The van der Waals surface area contributed by atoms with Gasteiger partial charge in [-0.05, 0) is 36.4 Å². The zero-order valence-electron chi connectivity index (χ0n) is 9.88. The number of rotatable bonds is 2. The van der Waals surface area contributed by atoms with E-state index in [9.17, 15) is 9.18 Å². The molecule has 4 nitrogen and oxygen atoms in total. The van der Waals surface area contributed by atoms with Crippen LogP contribution in [-0.4, -0.2) is 15.3 Å². The van der Waals surface area contributed by atoms with Crippen LogP contribution in [0.3, 0.4) is 0 Å². The van der Waals surface area contributed by atoms with Gasteiger partial charge in [0.1, 0.15) is 17.2 Å². The fourth-order valence-electron chi connectivity index (χ4n) is 1.86. The molecule has 2 aromatic heterocycles. The third kappa shape index (κ3) is 2.18. The Morgan fingerprint density at radius 1 is 1.16 bits per heavy atom. The number of benzene rings is 1. The van der Waals surface area contributed by atoms with Gasteiger partial charge < -0.3 is 5.32 Å². The number of aromatic nitrogens is 2. The molecule has 0 spiro atoms. The second kappa shape index (κ2) is 4.53. The normalized spacial score (nSPS) is 10.6. The van der Waals surface area contributed by atoms with Crippen molar-refractivity contribution in [3.05, 3.63) is 66.4 Å². The summed E-state index contributed by atoms with van der Waals surface area (Å²) in [6.45, 7) is 0. The fourth-order valence-corrected chi connectivity index (χ4v) is 1.86. The largest absolute Gasteiger partial charge is 0.321 e. The molecule has 1 amide bonds. The van der Waals surface area contributed by atoms with Gasteiger partial charge in [0.05, 0.1) is 0 Å². The van der Waals surface area contributed by atoms with Crippen molar-refractivity contribution in [2.75, 3.05) is 5.32 Å². The minimum atomic E-state index is -0.338. The lowest BCUT2D eigenvalue weighted by molar-refractivity contribution is 0.102. The van der Waals surface area contributed by atoms with Crippen molar-refractivity contribution in [1.29, 1.82) is 0 Å². The highest BCUT2D eigenvalue weighted by atomic mass is 19.1. The van der Waals surface area contributed by atoms with Crippen LogP contribution in [0, 0.1) is 5.82 Å². The van der Waals surface area contributed by atoms with Crippen molar-refractivity contribution in [1.82, 2.24) is 9.38 Å². The van der Waals surface area contributed by atoms with Gasteiger partial charge in [-0.3, -0.25) is 9.20 Å². The van der Waals surface area contributed by atoms with Gasteiger partial charge in [0.25, 0.3) is 5.91 Å². The van der Waals surface area contributed by atoms with E-state index in [4.69, 9.17) is 0 Å². The third-order valence-corrected chi connectivity index (χ3v) is 2.76. The van der Waals surface area contributed by atoms with Crippen molar-refractivity contribution >= 4 is 17.2 Å². The highest BCUT2D eigenvalue weighted by Gasteiger charge is 2.10. The molecule has 0 aliphatic carbocycles. The molecule has 2 heterocycles. The Morgan fingerprint density at radius 2 is 1.95 bits per heavy atom. The number of pyridine rings is 1. The Balaban J connectivity index is 1.92. The Bertz CT molecular complexity index is 734. The smallest absolute Gasteiger partial charge is 0.272 e. The molecular formula is C14H10FN3O. The highest BCUT2D eigenvalue weighted by Crippen LogP contribution is 2.12. The summed E-state index contributed by atoms with van der Waals surface area (Å²) in [6.07, 6.45) is 3.35. The molecule has 5 heteroatoms. The molecule has 0 saturated heterocycles. The first kappa shape index (κ1) is 11.4. The first-order valence-electron chi connectivity index (χ1n) is 5.73. The maximum absolute atomic E-state index is 12.8. The van der Waals surface area contributed by atoms with Crippen molar-refractivity contribution in [3.8, 4) is 0 Å². The van der Waals surface area contributed by atoms with Gasteiger partial charge in [-0.25, -0.2) is 9.37 Å². The first-order valence-corrected chi connectivity index (χ1v) is 5.73. The summed E-state index contributed by atoms with van der Waals surface area (Å²) in [5.74, 6) is -0.607. The molecule has 0 unspecified atom stereocenters. The summed E-state index contributed by atoms with van der Waals surface area (Å²) in [5, 5.41) is 2.71. The molecule has 1 N–H and O–H groups in total. The summed E-state index contributed by atoms with van der Waals surface area (Å²) >= 11 is 0. The lowest BCUT2D eigenvalue weighted by Crippen LogP contribution is -2.15. The number of fused-ring (bicyclic) bond motifs is 1. The van der Waals surface area contributed by atoms with Gasteiger partial charge >= 0.3 is 0 Å². The van der Waals surface area contributed by atoms with Gasteiger partial charge in [-0.1, -0.05) is 6.07 Å². The quantitative estimate of drug-likeness (QED) is 0.765. The van der Waals surface area contributed by atoms with Crippen LogP contribution in [0.25, 0.3) is 5.65 Å². The molecule has 0 aliphatic heterocycles. The van der Waals surface area contributed by atoms with Crippen LogP contribution in [0.15, 0.2) is 54.9 Å². The van der Waals surface area contributed by atoms with Crippen LogP contribution >= 0.6 is 0 Å². The van der Waals surface area contributed by atoms with Crippen LogP contribution < -0.4 is 5.32 Å². The lowest BCUT2D eigenvalue weighted by atomic mass is 10.3. The lowest BCUT2D eigenvalue weighted by Gasteiger charge is -2.07. The SMILES string of the molecule is O=C(Nc1ccc(F)cc1)c1cccc2nccn12. The molecule has 0 atom stereocenters. The van der Waals surface area contributed by atoms with E-state index in [1.165, 1.54) is 24.3 Å². The minimum Gasteiger partial charge on any atom is -0.321 e. The van der Waals surface area contributed by atoms with Gasteiger partial charge in [0.2, 0.25) is 0 Å². The number of hydrogen-bond donors (Lipinski definition) is 1. The molecule has 0 fully saturated rings. The third-order valence-electron chi connectivity index (χ3n) is 2.76. The van der Waals surface area contributed by atoms with E-state index in [-0.39, 0.29) is 11.7 Å². The van der Waals surface area contributed by atoms with Gasteiger partial charge in [0.15, 0.2) is 0 Å². The molecule has 0 saturated carbocycles. The summed E-state index contributed by atoms with van der Waals surface area (Å²) in [4.78, 5) is 16.3. The number of imidazole rings is 1. The van der Waals surface area contributed by atoms with E-state index >= 15 is 0 Å². The Labute approximate surface area is 108 Å². The Hall–Kier alpha value is -2.69. The zero-order valence-corrected chi connectivity index (χ0v) is 9.88. The summed E-state index contributed by atoms with van der Waals surface area (Å²) in [7, 11) is 0. The van der Waals surface area contributed by atoms with Gasteiger partial charge in [-0.2, -0.15) is 0 Å². The monoisotopic (exact) mass is 255 g/mol. The number of nitrogens with one attached hydrogen (secondary N) is 1. The second-order valence-electron chi connectivity index (χ2n) is 4.03. The number of halogens is 1. The highest BCUT2D eigenvalue weighted by molar-refractivity contribution is 6.03. The average Bonchev–Trinajstić information content (AvgIpc) is 2.89. The summed E-state index contributed by atoms with van der Waals surface area (Å²) in [6, 6.07) is 10.9. The molecular weight excluding hydrogens is 245 g/mol. The van der Waals surface area contributed by atoms with E-state index in [0.717, 1.165) is 0 Å². The fraction of sp³-hybridized carbons (Fsp3) is 0. The molecule has 0 aliphatic rings. The Morgan fingerprint density at radius 3 is 2.74 bits per heavy atom. The summed E-state index contributed by atoms with van der Waals surface area (Å²) in [5.41, 5.74) is 1.72. The number of nitrogens with zero attached hydrogens (tertiary/aromatic N) is 2. The molecule has 0 bridgehead atoms. The Kier molecular flexibility index (Phi) is 2.72. The second-order valence-corrected chi connectivity index (χ2v) is 4.03. The van der Waals surface area contributed by atoms with E-state index in [0.29, 0.717) is 17.0 Å². The van der Waals surface area contributed by atoms with Crippen LogP contribution in [0.5, 0.6) is 0 Å². The zero-order chi connectivity index (χ0) is 13.2. The number of amides is 1. The number of anilines is 1. The van der Waals surface area contributed by atoms with Crippen molar-refractivity contribution < 1.29 is 9.18 Å². The predicted octanol–water partition coefficient (Wildman–Crippen LogP) is 2.73. The number of hydrogen-bond acceptors (Lipinski definition) is 2. The molecule has 3 rings (SSSR count). The van der Waals surface area contributed by atoms with E-state index in [1.54, 1.807) is 28.9 Å². The molecule has 1 aromatic carbocycles. The average molecular weight is 255 g/mol. The van der Waals surface area contributed by atoms with Crippen molar-refractivity contribution in [2.24, 2.45) is 0 Å². The van der Waals surface area contributed by atoms with E-state index < -0.39 is 0 Å². The topological polar surface area (TPSA) is 46.4 Å². The van der Waals surface area contributed by atoms with Crippen LogP contribution in [0.2, 0.25) is 0 Å². The van der Waals surface area contributed by atoms with Crippen LogP contribution in [-0.2, 0) is 0 Å². The van der Waals surface area contributed by atoms with E-state index in [1.807, 2.05) is 6.07 Å². The van der Waals surface area contributed by atoms with Crippen molar-refractivity contribution in [3.63, 3.8) is 0 Å². The first-order chi connectivity index (χ1) is 9.24. The van der Waals surface area contributed by atoms with E-state index in [2.05, 4.69) is 10.3 Å². The standard InChI is InChI=1S/C14H10FN3O/c15-10-4-6-11(7-5-10)17-14(19)12-2-1-3-13-16-8-9-18(12)13/h1-9H,(H,17,19). The molecule has 3 aromatic rings. The number of carbonyl (C=O) groups is 1. The molecule has 19 heavy (non-hydrogen) atoms. The molecule has 0 radical (unpaired) electrons. The van der Waals surface area contributed by atoms with Crippen molar-refractivity contribution in [2.45, 2.75) is 0 Å². The number of carbonyl (C=O) groups excluding carboxylic acids is 1. The van der Waals surface area contributed by atoms with Gasteiger partial charge in [-0.15, -0.1) is 0 Å². The summed E-state index contributed by atoms with van der Waals surface area (Å²) < 4.78 is 14.5. The van der Waals surface area contributed by atoms with Gasteiger partial charge in [0, 0.05) is 18.1 Å². The van der Waals surface area contributed by atoms with Crippen LogP contribution in [0.4, 0.5) is 10.1 Å². The minimum absolute atomic E-state index is 0.268. The predicted molar refractivity (Wildman–Crippen MR) is 69.5 cm³/mol. The maximum atomic E-state index is 12.8. The molecule has 94 valence electrons. The maximum Gasteiger partial charge on any atom is 0.272 e. The van der Waals surface area contributed by atoms with Crippen LogP contribution in [0.1, 0.15) is 10.5 Å².